The molecule has 1 saturated carbocycles. The van der Waals surface area contributed by atoms with E-state index < -0.39 is 16.4 Å². The first-order valence-electron chi connectivity index (χ1n) is 12.2. The summed E-state index contributed by atoms with van der Waals surface area (Å²) >= 11 is 0. The maximum atomic E-state index is 13.3. The third-order valence-electron chi connectivity index (χ3n) is 6.73. The topological polar surface area (TPSA) is 150 Å². The molecule has 10 nitrogen and oxygen atoms in total. The van der Waals surface area contributed by atoms with Crippen LogP contribution >= 0.6 is 0 Å². The molecule has 11 heteroatoms. The number of carbonyl (C=O) groups is 1. The van der Waals surface area contributed by atoms with Crippen molar-refractivity contribution in [1.82, 2.24) is 19.7 Å². The Balaban J connectivity index is 1.45. The average molecular weight is 528 g/mol. The number of ketones is 1. The van der Waals surface area contributed by atoms with Crippen molar-refractivity contribution in [1.29, 1.82) is 0 Å². The zero-order valence-corrected chi connectivity index (χ0v) is 22.1. The lowest BCUT2D eigenvalue weighted by molar-refractivity contribution is 0.100. The number of aliphatic hydroxyl groups excluding tert-OH is 1. The van der Waals surface area contributed by atoms with E-state index in [0.29, 0.717) is 42.8 Å². The Hall–Kier alpha value is -2.99. The van der Waals surface area contributed by atoms with Gasteiger partial charge in [-0.1, -0.05) is 45.0 Å². The molecule has 2 heterocycles. The van der Waals surface area contributed by atoms with Gasteiger partial charge < -0.3 is 5.11 Å². The summed E-state index contributed by atoms with van der Waals surface area (Å²) in [6.07, 6.45) is 5.34. The highest BCUT2D eigenvalue weighted by Gasteiger charge is 2.35. The van der Waals surface area contributed by atoms with E-state index in [1.54, 1.807) is 16.9 Å². The van der Waals surface area contributed by atoms with Crippen LogP contribution in [0.25, 0.3) is 0 Å². The first-order valence-corrected chi connectivity index (χ1v) is 13.7. The van der Waals surface area contributed by atoms with Crippen LogP contribution in [0.5, 0.6) is 0 Å². The zero-order valence-electron chi connectivity index (χ0n) is 21.2. The van der Waals surface area contributed by atoms with Gasteiger partial charge in [-0.2, -0.15) is 13.5 Å². The van der Waals surface area contributed by atoms with E-state index in [2.05, 4.69) is 52.2 Å². The molecule has 3 atom stereocenters. The van der Waals surface area contributed by atoms with Crippen LogP contribution < -0.4 is 5.14 Å². The molecule has 3 aromatic rings. The number of rotatable bonds is 9. The summed E-state index contributed by atoms with van der Waals surface area (Å²) in [6, 6.07) is 10.0. The summed E-state index contributed by atoms with van der Waals surface area (Å²) in [5, 5.41) is 19.8. The molecule has 2 aromatic heterocycles. The number of carbonyl (C=O) groups excluding carboxylic acids is 1. The van der Waals surface area contributed by atoms with E-state index in [4.69, 9.17) is 5.14 Å². The summed E-state index contributed by atoms with van der Waals surface area (Å²) in [7, 11) is -4.07. The summed E-state index contributed by atoms with van der Waals surface area (Å²) < 4.78 is 28.6. The van der Waals surface area contributed by atoms with Crippen molar-refractivity contribution in [2.75, 3.05) is 6.61 Å². The fourth-order valence-corrected chi connectivity index (χ4v) is 5.12. The summed E-state index contributed by atoms with van der Waals surface area (Å²) in [5.41, 5.74) is 3.59. The van der Waals surface area contributed by atoms with Crippen LogP contribution in [0.4, 0.5) is 0 Å². The largest absolute Gasteiger partial charge is 0.393 e. The molecule has 0 spiro atoms. The third kappa shape index (κ3) is 7.07. The number of nitrogens with two attached hydrogens (primary N) is 1. The first-order chi connectivity index (χ1) is 17.4. The number of hydrogen-bond donors (Lipinski definition) is 2. The fraction of sp³-hybridized carbons (Fsp3) is 0.462. The van der Waals surface area contributed by atoms with Crippen molar-refractivity contribution >= 4 is 16.1 Å². The predicted octanol–water partition coefficient (Wildman–Crippen LogP) is 2.40. The van der Waals surface area contributed by atoms with Crippen LogP contribution in [-0.4, -0.2) is 51.8 Å². The summed E-state index contributed by atoms with van der Waals surface area (Å²) in [4.78, 5) is 21.7. The van der Waals surface area contributed by atoms with Gasteiger partial charge in [-0.25, -0.2) is 15.1 Å². The van der Waals surface area contributed by atoms with Crippen LogP contribution in [-0.2, 0) is 32.9 Å². The van der Waals surface area contributed by atoms with E-state index in [1.165, 1.54) is 18.1 Å². The van der Waals surface area contributed by atoms with Crippen LogP contribution in [0.2, 0.25) is 0 Å². The first kappa shape index (κ1) is 27.1. The Bertz CT molecular complexity index is 1370. The van der Waals surface area contributed by atoms with Gasteiger partial charge in [-0.3, -0.25) is 13.7 Å². The van der Waals surface area contributed by atoms with Crippen molar-refractivity contribution in [3.63, 3.8) is 0 Å². The van der Waals surface area contributed by atoms with E-state index in [0.717, 1.165) is 5.56 Å². The average Bonchev–Trinajstić information content (AvgIpc) is 3.43. The Kier molecular flexibility index (Phi) is 7.88. The number of aromatic nitrogens is 4. The number of hydrogen-bond acceptors (Lipinski definition) is 8. The molecule has 1 fully saturated rings. The van der Waals surface area contributed by atoms with Gasteiger partial charge in [0.15, 0.2) is 0 Å². The molecule has 0 unspecified atom stereocenters. The van der Waals surface area contributed by atoms with Crippen molar-refractivity contribution in [3.8, 4) is 0 Å². The lowest BCUT2D eigenvalue weighted by Gasteiger charge is -2.19. The van der Waals surface area contributed by atoms with Crippen molar-refractivity contribution in [2.45, 2.75) is 58.1 Å². The molecule has 0 bridgehead atoms. The smallest absolute Gasteiger partial charge is 0.333 e. The van der Waals surface area contributed by atoms with Crippen molar-refractivity contribution < 1.29 is 22.5 Å². The molecular weight excluding hydrogens is 494 g/mol. The normalized spacial score (nSPS) is 20.3. The van der Waals surface area contributed by atoms with Gasteiger partial charge in [0.25, 0.3) is 0 Å². The van der Waals surface area contributed by atoms with Gasteiger partial charge in [-0.15, -0.1) is 0 Å². The van der Waals surface area contributed by atoms with E-state index >= 15 is 0 Å². The van der Waals surface area contributed by atoms with Crippen LogP contribution in [0.15, 0.2) is 49.1 Å². The highest BCUT2D eigenvalue weighted by atomic mass is 32.2. The van der Waals surface area contributed by atoms with Gasteiger partial charge >= 0.3 is 10.3 Å². The van der Waals surface area contributed by atoms with Crippen molar-refractivity contribution in [3.05, 3.63) is 77.1 Å². The second-order valence-corrected chi connectivity index (χ2v) is 11.9. The highest BCUT2D eigenvalue weighted by Crippen LogP contribution is 2.34. The monoisotopic (exact) mass is 527 g/mol. The standard InChI is InChI=1S/C26H33N5O5S/c1-26(2,3)20-6-4-5-17(10-20)14-31-8-7-22(30-31)25(33)21-13-28-16-29-23(21)11-18-9-19(24(32)12-18)15-36-37(27,34)35/h4-8,10,13,16,18-19,24,32H,9,11-12,14-15H2,1-3H3,(H2,27,34,35)/t18-,19+,24-/m0/s1. The Morgan fingerprint density at radius 1 is 1.24 bits per heavy atom. The maximum Gasteiger partial charge on any atom is 0.333 e. The second-order valence-electron chi connectivity index (χ2n) is 10.7. The number of nitrogens with zero attached hydrogens (tertiary/aromatic N) is 4. The second kappa shape index (κ2) is 10.8. The van der Waals surface area contributed by atoms with Gasteiger partial charge in [0.1, 0.15) is 12.0 Å². The molecular formula is C26H33N5O5S. The van der Waals surface area contributed by atoms with Gasteiger partial charge in [0.05, 0.1) is 30.5 Å². The number of benzene rings is 1. The molecule has 3 N–H and O–H groups in total. The molecule has 0 amide bonds. The molecule has 1 aliphatic carbocycles. The fourth-order valence-electron chi connectivity index (χ4n) is 4.76. The zero-order chi connectivity index (χ0) is 26.8. The molecule has 0 saturated heterocycles. The van der Waals surface area contributed by atoms with Crippen LogP contribution in [0.1, 0.15) is 66.5 Å². The molecule has 1 aliphatic rings. The van der Waals surface area contributed by atoms with Gasteiger partial charge in [0, 0.05) is 18.3 Å². The molecule has 1 aromatic carbocycles. The highest BCUT2D eigenvalue weighted by molar-refractivity contribution is 7.84. The Labute approximate surface area is 217 Å². The van der Waals surface area contributed by atoms with Crippen LogP contribution in [0, 0.1) is 11.8 Å². The van der Waals surface area contributed by atoms with Gasteiger partial charge in [-0.05, 0) is 47.8 Å². The minimum Gasteiger partial charge on any atom is -0.393 e. The van der Waals surface area contributed by atoms with Gasteiger partial charge in [0.2, 0.25) is 5.78 Å². The summed E-state index contributed by atoms with van der Waals surface area (Å²) in [5.74, 6) is -0.638. The Morgan fingerprint density at radius 2 is 2.03 bits per heavy atom. The van der Waals surface area contributed by atoms with E-state index in [1.807, 2.05) is 12.1 Å². The molecule has 0 aliphatic heterocycles. The van der Waals surface area contributed by atoms with E-state index in [9.17, 15) is 18.3 Å². The third-order valence-corrected chi connectivity index (χ3v) is 7.20. The quantitative estimate of drug-likeness (QED) is 0.403. The maximum absolute atomic E-state index is 13.3. The summed E-state index contributed by atoms with van der Waals surface area (Å²) in [6.45, 7) is 6.86. The Morgan fingerprint density at radius 3 is 2.76 bits per heavy atom. The van der Waals surface area contributed by atoms with E-state index in [-0.39, 0.29) is 29.6 Å². The molecule has 37 heavy (non-hydrogen) atoms. The van der Waals surface area contributed by atoms with Crippen LogP contribution in [0.3, 0.4) is 0 Å². The minimum absolute atomic E-state index is 0.00169. The molecule has 0 radical (unpaired) electrons. The predicted molar refractivity (Wildman–Crippen MR) is 137 cm³/mol. The number of aliphatic hydroxyl groups is 1. The lowest BCUT2D eigenvalue weighted by atomic mass is 9.86. The molecule has 4 rings (SSSR count). The SMILES string of the molecule is CC(C)(C)c1cccc(Cn2ccc(C(=O)c3cncnc3C[C@@H]3C[C@H](COS(N)(=O)=O)[C@@H](O)C3)n2)c1. The van der Waals surface area contributed by atoms with Crippen molar-refractivity contribution in [2.24, 2.45) is 17.0 Å². The minimum atomic E-state index is -4.07. The molecule has 198 valence electrons. The lowest BCUT2D eigenvalue weighted by Crippen LogP contribution is -2.24.